The van der Waals surface area contributed by atoms with Gasteiger partial charge < -0.3 is 11.1 Å². The van der Waals surface area contributed by atoms with Gasteiger partial charge in [-0.05, 0) is 44.7 Å². The van der Waals surface area contributed by atoms with E-state index in [1.54, 1.807) is 17.4 Å². The number of hydrogen-bond donors (Lipinski definition) is 2. The summed E-state index contributed by atoms with van der Waals surface area (Å²) in [6, 6.07) is 1.67. The predicted octanol–water partition coefficient (Wildman–Crippen LogP) is 2.80. The summed E-state index contributed by atoms with van der Waals surface area (Å²) >= 11 is 4.97. The summed E-state index contributed by atoms with van der Waals surface area (Å²) in [7, 11) is 0. The van der Waals surface area contributed by atoms with Crippen LogP contribution >= 0.6 is 27.3 Å². The van der Waals surface area contributed by atoms with Crippen molar-refractivity contribution in [2.24, 2.45) is 0 Å². The lowest BCUT2D eigenvalue weighted by atomic mass is 10.2. The Kier molecular flexibility index (Phi) is 3.40. The molecule has 2 rings (SSSR count). The van der Waals surface area contributed by atoms with Crippen LogP contribution in [0.1, 0.15) is 11.1 Å². The molecule has 0 spiro atoms. The lowest BCUT2D eigenvalue weighted by Crippen LogP contribution is -2.05. The van der Waals surface area contributed by atoms with Crippen LogP contribution in [0.25, 0.3) is 0 Å². The topological polar surface area (TPSA) is 63.8 Å². The lowest BCUT2D eigenvalue weighted by Gasteiger charge is -2.05. The largest absolute Gasteiger partial charge is 0.383 e. The first-order chi connectivity index (χ1) is 7.65. The van der Waals surface area contributed by atoms with Crippen molar-refractivity contribution >= 4 is 39.0 Å². The second-order valence-corrected chi connectivity index (χ2v) is 4.93. The number of halogens is 1. The van der Waals surface area contributed by atoms with Crippen molar-refractivity contribution in [2.75, 3.05) is 11.1 Å². The van der Waals surface area contributed by atoms with E-state index >= 15 is 0 Å². The van der Waals surface area contributed by atoms with E-state index in [-0.39, 0.29) is 0 Å². The van der Waals surface area contributed by atoms with Crippen LogP contribution in [-0.4, -0.2) is 9.97 Å². The van der Waals surface area contributed by atoms with Crippen LogP contribution in [0.2, 0.25) is 0 Å². The van der Waals surface area contributed by atoms with Crippen molar-refractivity contribution in [1.29, 1.82) is 0 Å². The van der Waals surface area contributed by atoms with E-state index in [9.17, 15) is 0 Å². The monoisotopic (exact) mass is 298 g/mol. The van der Waals surface area contributed by atoms with Crippen molar-refractivity contribution in [2.45, 2.75) is 13.5 Å². The van der Waals surface area contributed by atoms with Gasteiger partial charge in [-0.25, -0.2) is 4.98 Å². The van der Waals surface area contributed by atoms with E-state index in [2.05, 4.69) is 48.9 Å². The van der Waals surface area contributed by atoms with E-state index in [4.69, 9.17) is 5.73 Å². The Morgan fingerprint density at radius 3 is 2.88 bits per heavy atom. The molecular formula is C10H11BrN4S. The first-order valence-electron chi connectivity index (χ1n) is 4.71. The molecule has 0 bridgehead atoms. The number of hydrogen-bond acceptors (Lipinski definition) is 5. The van der Waals surface area contributed by atoms with Crippen molar-refractivity contribution in [3.63, 3.8) is 0 Å². The molecule has 0 aliphatic rings. The smallest absolute Gasteiger partial charge is 0.225 e. The molecule has 0 fully saturated rings. The number of nitrogens with one attached hydrogen (secondary N) is 1. The zero-order valence-electron chi connectivity index (χ0n) is 8.70. The molecule has 4 nitrogen and oxygen atoms in total. The summed E-state index contributed by atoms with van der Waals surface area (Å²) in [6.07, 6.45) is 0. The highest BCUT2D eigenvalue weighted by Crippen LogP contribution is 2.16. The highest BCUT2D eigenvalue weighted by Gasteiger charge is 2.02. The molecular weight excluding hydrogens is 288 g/mol. The minimum atomic E-state index is 0.450. The average Bonchev–Trinajstić information content (AvgIpc) is 2.59. The van der Waals surface area contributed by atoms with Crippen LogP contribution in [-0.2, 0) is 6.54 Å². The first-order valence-corrected chi connectivity index (χ1v) is 6.44. The predicted molar refractivity (Wildman–Crippen MR) is 70.5 cm³/mol. The van der Waals surface area contributed by atoms with Gasteiger partial charge in [-0.2, -0.15) is 16.3 Å². The lowest BCUT2D eigenvalue weighted by molar-refractivity contribution is 1.04. The minimum absolute atomic E-state index is 0.450. The molecule has 0 saturated heterocycles. The summed E-state index contributed by atoms with van der Waals surface area (Å²) < 4.78 is 0.685. The van der Waals surface area contributed by atoms with Gasteiger partial charge in [0.05, 0.1) is 0 Å². The third kappa shape index (κ3) is 2.70. The molecule has 84 valence electrons. The van der Waals surface area contributed by atoms with Gasteiger partial charge in [-0.15, -0.1) is 0 Å². The van der Waals surface area contributed by atoms with Gasteiger partial charge in [0.2, 0.25) is 5.95 Å². The van der Waals surface area contributed by atoms with E-state index in [1.165, 1.54) is 11.1 Å². The van der Waals surface area contributed by atoms with Crippen molar-refractivity contribution in [3.05, 3.63) is 32.6 Å². The Bertz CT molecular complexity index is 477. The SMILES string of the molecule is Cc1cscc1CNc1nc(N)cc(Br)n1. The Morgan fingerprint density at radius 2 is 2.25 bits per heavy atom. The fourth-order valence-corrected chi connectivity index (χ4v) is 2.52. The molecule has 0 aliphatic carbocycles. The van der Waals surface area contributed by atoms with E-state index in [1.807, 2.05) is 0 Å². The molecule has 2 heterocycles. The van der Waals surface area contributed by atoms with Gasteiger partial charge in [0.25, 0.3) is 0 Å². The van der Waals surface area contributed by atoms with Gasteiger partial charge in [0.15, 0.2) is 0 Å². The number of thiophene rings is 1. The second-order valence-electron chi connectivity index (χ2n) is 3.37. The molecule has 0 amide bonds. The number of anilines is 2. The molecule has 6 heteroatoms. The minimum Gasteiger partial charge on any atom is -0.383 e. The second kappa shape index (κ2) is 4.80. The van der Waals surface area contributed by atoms with Crippen LogP contribution in [0.15, 0.2) is 21.4 Å². The number of nitrogens with zero attached hydrogens (tertiary/aromatic N) is 2. The Labute approximate surface area is 106 Å². The summed E-state index contributed by atoms with van der Waals surface area (Å²) in [5.74, 6) is 0.990. The van der Waals surface area contributed by atoms with Crippen LogP contribution in [0.5, 0.6) is 0 Å². The maximum absolute atomic E-state index is 5.62. The molecule has 2 aromatic rings. The quantitative estimate of drug-likeness (QED) is 0.855. The summed E-state index contributed by atoms with van der Waals surface area (Å²) in [6.45, 7) is 2.80. The van der Waals surface area contributed by atoms with E-state index in [0.29, 0.717) is 22.9 Å². The molecule has 0 aromatic carbocycles. The molecule has 0 saturated carbocycles. The summed E-state index contributed by atoms with van der Waals surface area (Å²) in [5.41, 5.74) is 8.15. The van der Waals surface area contributed by atoms with Gasteiger partial charge in [-0.1, -0.05) is 0 Å². The van der Waals surface area contributed by atoms with Gasteiger partial charge in [0.1, 0.15) is 10.4 Å². The highest BCUT2D eigenvalue weighted by molar-refractivity contribution is 9.10. The van der Waals surface area contributed by atoms with E-state index < -0.39 is 0 Å². The molecule has 16 heavy (non-hydrogen) atoms. The number of rotatable bonds is 3. The molecule has 0 atom stereocenters. The molecule has 2 aromatic heterocycles. The Morgan fingerprint density at radius 1 is 1.44 bits per heavy atom. The molecule has 0 unspecified atom stereocenters. The van der Waals surface area contributed by atoms with Crippen LogP contribution in [0.3, 0.4) is 0 Å². The molecule has 3 N–H and O–H groups in total. The van der Waals surface area contributed by atoms with Crippen LogP contribution < -0.4 is 11.1 Å². The zero-order chi connectivity index (χ0) is 11.5. The maximum atomic E-state index is 5.62. The standard InChI is InChI=1S/C10H11BrN4S/c1-6-4-16-5-7(6)3-13-10-14-8(11)2-9(12)15-10/h2,4-5H,3H2,1H3,(H3,12,13,14,15). The third-order valence-corrected chi connectivity index (χ3v) is 3.43. The number of aryl methyl sites for hydroxylation is 1. The van der Waals surface area contributed by atoms with Crippen LogP contribution in [0.4, 0.5) is 11.8 Å². The van der Waals surface area contributed by atoms with E-state index in [0.717, 1.165) is 0 Å². The third-order valence-electron chi connectivity index (χ3n) is 2.11. The maximum Gasteiger partial charge on any atom is 0.225 e. The first kappa shape index (κ1) is 11.3. The van der Waals surface area contributed by atoms with Crippen molar-refractivity contribution in [1.82, 2.24) is 9.97 Å². The van der Waals surface area contributed by atoms with Gasteiger partial charge in [0, 0.05) is 12.6 Å². The summed E-state index contributed by atoms with van der Waals surface area (Å²) in [4.78, 5) is 8.27. The van der Waals surface area contributed by atoms with Crippen molar-refractivity contribution in [3.8, 4) is 0 Å². The summed E-state index contributed by atoms with van der Waals surface area (Å²) in [5, 5.41) is 7.38. The van der Waals surface area contributed by atoms with Crippen LogP contribution in [0, 0.1) is 6.92 Å². The van der Waals surface area contributed by atoms with Gasteiger partial charge in [-0.3, -0.25) is 0 Å². The Hall–Kier alpha value is -1.14. The zero-order valence-corrected chi connectivity index (χ0v) is 11.1. The van der Waals surface area contributed by atoms with Crippen molar-refractivity contribution < 1.29 is 0 Å². The number of aromatic nitrogens is 2. The fraction of sp³-hybridized carbons (Fsp3) is 0.200. The average molecular weight is 299 g/mol. The fourth-order valence-electron chi connectivity index (χ4n) is 1.26. The molecule has 0 radical (unpaired) electrons. The van der Waals surface area contributed by atoms with Gasteiger partial charge >= 0.3 is 0 Å². The highest BCUT2D eigenvalue weighted by atomic mass is 79.9. The number of nitrogen functional groups attached to an aromatic ring is 1. The molecule has 0 aliphatic heterocycles. The normalized spacial score (nSPS) is 10.4. The number of nitrogens with two attached hydrogens (primary N) is 1. The Balaban J connectivity index is 2.07.